The molecule has 64 valence electrons. The lowest BCUT2D eigenvalue weighted by Gasteiger charge is -2.12. The van der Waals surface area contributed by atoms with E-state index in [1.54, 1.807) is 12.2 Å². The highest BCUT2D eigenvalue weighted by Crippen LogP contribution is 2.20. The minimum absolute atomic E-state index is 0.0119. The molecule has 0 aromatic rings. The van der Waals surface area contributed by atoms with Crippen molar-refractivity contribution in [1.29, 1.82) is 0 Å². The van der Waals surface area contributed by atoms with Crippen LogP contribution in [0.15, 0.2) is 30.5 Å². The van der Waals surface area contributed by atoms with Gasteiger partial charge in [0, 0.05) is 12.3 Å². The first-order chi connectivity index (χ1) is 5.74. The maximum atomic E-state index is 10.8. The molecular weight excluding hydrogens is 152 g/mol. The lowest BCUT2D eigenvalue weighted by Crippen LogP contribution is -2.16. The van der Waals surface area contributed by atoms with E-state index in [1.165, 1.54) is 6.08 Å². The molecule has 0 unspecified atom stereocenters. The molecule has 0 aliphatic heterocycles. The fourth-order valence-electron chi connectivity index (χ4n) is 1.24. The molecule has 0 bridgehead atoms. The summed E-state index contributed by atoms with van der Waals surface area (Å²) < 4.78 is 0. The van der Waals surface area contributed by atoms with Crippen molar-refractivity contribution in [2.45, 2.75) is 18.9 Å². The highest BCUT2D eigenvalue weighted by molar-refractivity contribution is 5.92. The Morgan fingerprint density at radius 2 is 2.67 bits per heavy atom. The van der Waals surface area contributed by atoms with Crippen LogP contribution in [0.4, 0.5) is 0 Å². The van der Waals surface area contributed by atoms with Gasteiger partial charge in [-0.1, -0.05) is 12.7 Å². The fourth-order valence-corrected chi connectivity index (χ4v) is 1.24. The second kappa shape index (κ2) is 4.05. The molecule has 0 spiro atoms. The molecule has 1 aliphatic carbocycles. The first kappa shape index (κ1) is 8.98. The first-order valence-electron chi connectivity index (χ1n) is 3.97. The highest BCUT2D eigenvalue weighted by atomic mass is 16.3. The predicted molar refractivity (Wildman–Crippen MR) is 46.6 cm³/mol. The van der Waals surface area contributed by atoms with E-state index in [2.05, 4.69) is 12.3 Å². The summed E-state index contributed by atoms with van der Waals surface area (Å²) in [5.41, 5.74) is 2.59. The van der Waals surface area contributed by atoms with Crippen LogP contribution in [0, 0.1) is 5.92 Å². The molecule has 0 heterocycles. The number of allylic oxidation sites excluding steroid dienone is 1. The summed E-state index contributed by atoms with van der Waals surface area (Å²) in [6, 6.07) is 0. The Balaban J connectivity index is 2.43. The number of aliphatic hydroxyl groups is 1. The van der Waals surface area contributed by atoms with Crippen molar-refractivity contribution < 1.29 is 9.90 Å². The zero-order valence-corrected chi connectivity index (χ0v) is 6.86. The molecule has 2 heteroatoms. The number of carbonyl (C=O) groups excluding carboxylic acids is 1. The van der Waals surface area contributed by atoms with E-state index >= 15 is 0 Å². The molecule has 12 heavy (non-hydrogen) atoms. The molecule has 2 nitrogen and oxygen atoms in total. The Labute approximate surface area is 71.9 Å². The third kappa shape index (κ3) is 2.19. The summed E-state index contributed by atoms with van der Waals surface area (Å²) in [5.74, 6) is 0.0868. The van der Waals surface area contributed by atoms with Gasteiger partial charge in [0.15, 0.2) is 5.78 Å². The van der Waals surface area contributed by atoms with Gasteiger partial charge in [0.25, 0.3) is 0 Å². The van der Waals surface area contributed by atoms with E-state index in [-0.39, 0.29) is 11.7 Å². The van der Waals surface area contributed by atoms with E-state index in [1.807, 2.05) is 0 Å². The monoisotopic (exact) mass is 164 g/mol. The maximum Gasteiger partial charge on any atom is 0.156 e. The third-order valence-electron chi connectivity index (χ3n) is 1.96. The van der Waals surface area contributed by atoms with E-state index < -0.39 is 6.10 Å². The molecule has 0 aromatic heterocycles. The van der Waals surface area contributed by atoms with Gasteiger partial charge in [0.2, 0.25) is 0 Å². The summed E-state index contributed by atoms with van der Waals surface area (Å²) in [6.07, 6.45) is 5.47. The Bertz CT molecular complexity index is 247. The third-order valence-corrected chi connectivity index (χ3v) is 1.96. The summed E-state index contributed by atoms with van der Waals surface area (Å²) in [6.45, 7) is 3.40. The van der Waals surface area contributed by atoms with Crippen LogP contribution in [-0.2, 0) is 4.79 Å². The molecular formula is C10H12O2. The topological polar surface area (TPSA) is 37.3 Å². The van der Waals surface area contributed by atoms with E-state index in [4.69, 9.17) is 0 Å². The van der Waals surface area contributed by atoms with Crippen molar-refractivity contribution in [2.24, 2.45) is 5.92 Å². The van der Waals surface area contributed by atoms with Crippen molar-refractivity contribution in [3.8, 4) is 0 Å². The highest BCUT2D eigenvalue weighted by Gasteiger charge is 2.22. The fraction of sp³-hybridized carbons (Fsp3) is 0.400. The first-order valence-corrected chi connectivity index (χ1v) is 3.97. The van der Waals surface area contributed by atoms with Crippen molar-refractivity contribution in [2.75, 3.05) is 0 Å². The normalized spacial score (nSPS) is 23.8. The van der Waals surface area contributed by atoms with Gasteiger partial charge >= 0.3 is 0 Å². The van der Waals surface area contributed by atoms with Crippen LogP contribution in [0.2, 0.25) is 0 Å². The van der Waals surface area contributed by atoms with Gasteiger partial charge < -0.3 is 5.11 Å². The van der Waals surface area contributed by atoms with Gasteiger partial charge in [0.1, 0.15) is 0 Å². The second-order valence-electron chi connectivity index (χ2n) is 2.90. The van der Waals surface area contributed by atoms with Crippen molar-refractivity contribution in [3.63, 3.8) is 0 Å². The molecule has 0 saturated heterocycles. The molecule has 0 amide bonds. The Morgan fingerprint density at radius 1 is 1.92 bits per heavy atom. The molecule has 0 aromatic carbocycles. The minimum atomic E-state index is -0.470. The molecule has 0 saturated carbocycles. The number of hydrogen-bond acceptors (Lipinski definition) is 2. The molecule has 1 rings (SSSR count). The Morgan fingerprint density at radius 3 is 3.17 bits per heavy atom. The molecule has 2 atom stereocenters. The number of hydrogen-bond donors (Lipinski definition) is 1. The van der Waals surface area contributed by atoms with Crippen LogP contribution in [-0.4, -0.2) is 17.0 Å². The van der Waals surface area contributed by atoms with Gasteiger partial charge in [0.05, 0.1) is 6.10 Å². The van der Waals surface area contributed by atoms with E-state index in [0.717, 1.165) is 0 Å². The quantitative estimate of drug-likeness (QED) is 0.637. The van der Waals surface area contributed by atoms with Crippen LogP contribution >= 0.6 is 0 Å². The largest absolute Gasteiger partial charge is 0.392 e. The minimum Gasteiger partial charge on any atom is -0.392 e. The lowest BCUT2D eigenvalue weighted by molar-refractivity contribution is -0.115. The predicted octanol–water partition coefficient (Wildman–Crippen LogP) is 1.22. The Kier molecular flexibility index (Phi) is 3.03. The van der Waals surface area contributed by atoms with Crippen LogP contribution in [0.25, 0.3) is 0 Å². The zero-order chi connectivity index (χ0) is 8.97. The number of ketones is 1. The molecule has 1 aliphatic rings. The second-order valence-corrected chi connectivity index (χ2v) is 2.90. The van der Waals surface area contributed by atoms with Crippen LogP contribution in [0.1, 0.15) is 12.8 Å². The summed E-state index contributed by atoms with van der Waals surface area (Å²) in [5, 5.41) is 9.50. The van der Waals surface area contributed by atoms with E-state index in [0.29, 0.717) is 12.8 Å². The molecule has 0 fully saturated rings. The standard InChI is InChI=1S/C10H12O2/c1-2-3-4-10(12)8-5-6-9(11)7-8/h3,5-6,8,10,12H,1,4,7H2/t8-,10-/m1/s1. The summed E-state index contributed by atoms with van der Waals surface area (Å²) >= 11 is 0. The van der Waals surface area contributed by atoms with Crippen molar-refractivity contribution in [3.05, 3.63) is 30.5 Å². The molecule has 1 N–H and O–H groups in total. The van der Waals surface area contributed by atoms with Gasteiger partial charge in [-0.25, -0.2) is 0 Å². The smallest absolute Gasteiger partial charge is 0.156 e. The Hall–Kier alpha value is -1.11. The van der Waals surface area contributed by atoms with Crippen molar-refractivity contribution in [1.82, 2.24) is 0 Å². The number of carbonyl (C=O) groups is 1. The number of rotatable bonds is 3. The lowest BCUT2D eigenvalue weighted by atomic mass is 9.99. The van der Waals surface area contributed by atoms with E-state index in [9.17, 15) is 9.90 Å². The van der Waals surface area contributed by atoms with Gasteiger partial charge in [-0.15, -0.1) is 5.73 Å². The zero-order valence-electron chi connectivity index (χ0n) is 6.86. The van der Waals surface area contributed by atoms with Crippen LogP contribution < -0.4 is 0 Å². The van der Waals surface area contributed by atoms with Crippen molar-refractivity contribution >= 4 is 5.78 Å². The van der Waals surface area contributed by atoms with Crippen LogP contribution in [0.3, 0.4) is 0 Å². The van der Waals surface area contributed by atoms with Gasteiger partial charge in [-0.2, -0.15) is 0 Å². The van der Waals surface area contributed by atoms with Gasteiger partial charge in [-0.3, -0.25) is 4.79 Å². The summed E-state index contributed by atoms with van der Waals surface area (Å²) in [7, 11) is 0. The van der Waals surface area contributed by atoms with Gasteiger partial charge in [-0.05, 0) is 18.6 Å². The molecule has 0 radical (unpaired) electrons. The number of aliphatic hydroxyl groups excluding tert-OH is 1. The SMILES string of the molecule is C=C=CC[C@@H](O)[C@@H]1C=CC(=O)C1. The average Bonchev–Trinajstić information content (AvgIpc) is 2.47. The average molecular weight is 164 g/mol. The summed E-state index contributed by atoms with van der Waals surface area (Å²) in [4.78, 5) is 10.8. The maximum absolute atomic E-state index is 10.8. The van der Waals surface area contributed by atoms with Crippen LogP contribution in [0.5, 0.6) is 0 Å².